The lowest BCUT2D eigenvalue weighted by atomic mass is 10.1. The maximum Gasteiger partial charge on any atom is 0.416 e. The molecule has 10 heteroatoms. The van der Waals surface area contributed by atoms with Crippen LogP contribution in [-0.4, -0.2) is 33.2 Å². The van der Waals surface area contributed by atoms with E-state index in [1.54, 1.807) is 12.1 Å². The number of carbonyl (C=O) groups excluding carboxylic acids is 1. The number of carbonyl (C=O) groups is 1. The average molecular weight is 444 g/mol. The number of rotatable bonds is 8. The minimum Gasteiger partial charge on any atom is -0.494 e. The lowest BCUT2D eigenvalue weighted by molar-refractivity contribution is -0.137. The molecule has 0 unspecified atom stereocenters. The number of hydrogen-bond acceptors (Lipinski definition) is 4. The van der Waals surface area contributed by atoms with Crippen LogP contribution in [-0.2, 0) is 27.5 Å². The van der Waals surface area contributed by atoms with E-state index >= 15 is 0 Å². The van der Waals surface area contributed by atoms with E-state index < -0.39 is 33.7 Å². The van der Waals surface area contributed by atoms with Crippen LogP contribution in [0.1, 0.15) is 25.0 Å². The van der Waals surface area contributed by atoms with Crippen molar-refractivity contribution in [3.63, 3.8) is 0 Å². The Morgan fingerprint density at radius 2 is 1.80 bits per heavy atom. The molecule has 2 rings (SSSR count). The minimum atomic E-state index is -4.49. The first-order valence-corrected chi connectivity index (χ1v) is 10.9. The molecule has 0 aliphatic heterocycles. The van der Waals surface area contributed by atoms with E-state index in [9.17, 15) is 26.4 Å². The SMILES string of the molecule is CCOc1ccc(N([C@H](C)C(=O)NCc2cccc(C(F)(F)F)c2)S(C)(=O)=O)cc1. The second-order valence-corrected chi connectivity index (χ2v) is 8.44. The van der Waals surface area contributed by atoms with Crippen LogP contribution in [0.3, 0.4) is 0 Å². The minimum absolute atomic E-state index is 0.173. The largest absolute Gasteiger partial charge is 0.494 e. The van der Waals surface area contributed by atoms with E-state index in [-0.39, 0.29) is 17.8 Å². The lowest BCUT2D eigenvalue weighted by Gasteiger charge is -2.28. The van der Waals surface area contributed by atoms with Gasteiger partial charge in [-0.05, 0) is 55.8 Å². The first kappa shape index (κ1) is 23.5. The predicted octanol–water partition coefficient (Wildman–Crippen LogP) is 3.58. The standard InChI is InChI=1S/C20H23F3N2O4S/c1-4-29-18-10-8-17(9-11-18)25(30(3,27)28)14(2)19(26)24-13-15-6-5-7-16(12-15)20(21,22)23/h5-12,14H,4,13H2,1-3H3,(H,24,26)/t14-/m1/s1. The zero-order valence-corrected chi connectivity index (χ0v) is 17.5. The molecule has 0 aromatic heterocycles. The van der Waals surface area contributed by atoms with Crippen molar-refractivity contribution in [3.8, 4) is 5.75 Å². The molecule has 164 valence electrons. The van der Waals surface area contributed by atoms with Crippen LogP contribution in [0.2, 0.25) is 0 Å². The molecule has 0 radical (unpaired) electrons. The summed E-state index contributed by atoms with van der Waals surface area (Å²) in [5.74, 6) is -0.0944. The van der Waals surface area contributed by atoms with Gasteiger partial charge in [0.2, 0.25) is 15.9 Å². The van der Waals surface area contributed by atoms with Crippen molar-refractivity contribution in [2.75, 3.05) is 17.2 Å². The fraction of sp³-hybridized carbons (Fsp3) is 0.350. The maximum absolute atomic E-state index is 12.8. The highest BCUT2D eigenvalue weighted by atomic mass is 32.2. The van der Waals surface area contributed by atoms with Gasteiger partial charge in [0.1, 0.15) is 11.8 Å². The van der Waals surface area contributed by atoms with E-state index in [1.807, 2.05) is 6.92 Å². The van der Waals surface area contributed by atoms with Crippen LogP contribution in [0.4, 0.5) is 18.9 Å². The van der Waals surface area contributed by atoms with Gasteiger partial charge >= 0.3 is 6.18 Å². The zero-order chi connectivity index (χ0) is 22.5. The Bertz CT molecular complexity index is 976. The molecule has 1 N–H and O–H groups in total. The number of amides is 1. The quantitative estimate of drug-likeness (QED) is 0.676. The van der Waals surface area contributed by atoms with E-state index in [2.05, 4.69) is 5.32 Å². The van der Waals surface area contributed by atoms with Crippen LogP contribution in [0.25, 0.3) is 0 Å². The number of sulfonamides is 1. The van der Waals surface area contributed by atoms with Gasteiger partial charge < -0.3 is 10.1 Å². The van der Waals surface area contributed by atoms with Gasteiger partial charge in [-0.2, -0.15) is 13.2 Å². The highest BCUT2D eigenvalue weighted by molar-refractivity contribution is 7.92. The fourth-order valence-corrected chi connectivity index (χ4v) is 4.03. The van der Waals surface area contributed by atoms with Gasteiger partial charge in [-0.1, -0.05) is 12.1 Å². The number of nitrogens with zero attached hydrogens (tertiary/aromatic N) is 1. The van der Waals surface area contributed by atoms with Gasteiger partial charge in [0.15, 0.2) is 0 Å². The Kier molecular flexibility index (Phi) is 7.35. The number of ether oxygens (including phenoxy) is 1. The van der Waals surface area contributed by atoms with Gasteiger partial charge in [-0.15, -0.1) is 0 Å². The van der Waals surface area contributed by atoms with E-state index in [4.69, 9.17) is 4.74 Å². The Balaban J connectivity index is 2.16. The van der Waals surface area contributed by atoms with Crippen molar-refractivity contribution < 1.29 is 31.1 Å². The van der Waals surface area contributed by atoms with Gasteiger partial charge in [0.25, 0.3) is 0 Å². The molecule has 0 aliphatic rings. The smallest absolute Gasteiger partial charge is 0.416 e. The molecule has 2 aromatic rings. The van der Waals surface area contributed by atoms with Crippen LogP contribution in [0, 0.1) is 0 Å². The number of nitrogens with one attached hydrogen (secondary N) is 1. The third-order valence-corrected chi connectivity index (χ3v) is 5.45. The molecule has 1 atom stereocenters. The summed E-state index contributed by atoms with van der Waals surface area (Å²) >= 11 is 0. The van der Waals surface area contributed by atoms with Crippen molar-refractivity contribution in [3.05, 3.63) is 59.7 Å². The first-order valence-electron chi connectivity index (χ1n) is 9.09. The highest BCUT2D eigenvalue weighted by Crippen LogP contribution is 2.29. The molecule has 2 aromatic carbocycles. The van der Waals surface area contributed by atoms with Gasteiger partial charge in [-0.25, -0.2) is 8.42 Å². The van der Waals surface area contributed by atoms with Crippen molar-refractivity contribution >= 4 is 21.6 Å². The van der Waals surface area contributed by atoms with Crippen LogP contribution in [0.15, 0.2) is 48.5 Å². The summed E-state index contributed by atoms with van der Waals surface area (Å²) in [6.07, 6.45) is -3.52. The summed E-state index contributed by atoms with van der Waals surface area (Å²) in [5.41, 5.74) is -0.311. The molecular formula is C20H23F3N2O4S. The average Bonchev–Trinajstić information content (AvgIpc) is 2.66. The van der Waals surface area contributed by atoms with E-state index in [0.717, 1.165) is 22.7 Å². The Morgan fingerprint density at radius 3 is 2.33 bits per heavy atom. The summed E-state index contributed by atoms with van der Waals surface area (Å²) in [7, 11) is -3.81. The Labute approximate surface area is 173 Å². The molecule has 0 heterocycles. The summed E-state index contributed by atoms with van der Waals surface area (Å²) in [4.78, 5) is 12.6. The van der Waals surface area contributed by atoms with Gasteiger partial charge in [0.05, 0.1) is 24.1 Å². The van der Waals surface area contributed by atoms with Crippen molar-refractivity contribution in [2.45, 2.75) is 32.6 Å². The maximum atomic E-state index is 12.8. The number of hydrogen-bond donors (Lipinski definition) is 1. The molecule has 30 heavy (non-hydrogen) atoms. The van der Waals surface area contributed by atoms with Crippen molar-refractivity contribution in [1.29, 1.82) is 0 Å². The normalized spacial score (nSPS) is 12.9. The second-order valence-electron chi connectivity index (χ2n) is 6.58. The van der Waals surface area contributed by atoms with Crippen molar-refractivity contribution in [2.24, 2.45) is 0 Å². The molecule has 0 saturated heterocycles. The van der Waals surface area contributed by atoms with Crippen LogP contribution in [0.5, 0.6) is 5.75 Å². The predicted molar refractivity (Wildman–Crippen MR) is 108 cm³/mol. The number of halogens is 3. The highest BCUT2D eigenvalue weighted by Gasteiger charge is 2.31. The second kappa shape index (κ2) is 9.38. The Morgan fingerprint density at radius 1 is 1.17 bits per heavy atom. The monoisotopic (exact) mass is 444 g/mol. The summed E-state index contributed by atoms with van der Waals surface area (Å²) in [5, 5.41) is 2.49. The van der Waals surface area contributed by atoms with Crippen LogP contribution >= 0.6 is 0 Å². The third kappa shape index (κ3) is 6.12. The summed E-state index contributed by atoms with van der Waals surface area (Å²) < 4.78 is 69.4. The Hall–Kier alpha value is -2.75. The molecule has 0 aliphatic carbocycles. The molecule has 0 bridgehead atoms. The molecular weight excluding hydrogens is 421 g/mol. The number of anilines is 1. The molecule has 0 fully saturated rings. The van der Waals surface area contributed by atoms with Gasteiger partial charge in [-0.3, -0.25) is 9.10 Å². The number of alkyl halides is 3. The van der Waals surface area contributed by atoms with E-state index in [0.29, 0.717) is 12.4 Å². The topological polar surface area (TPSA) is 75.7 Å². The first-order chi connectivity index (χ1) is 13.9. The molecule has 0 spiro atoms. The lowest BCUT2D eigenvalue weighted by Crippen LogP contribution is -2.47. The fourth-order valence-electron chi connectivity index (χ4n) is 2.86. The van der Waals surface area contributed by atoms with Crippen LogP contribution < -0.4 is 14.4 Å². The molecule has 1 amide bonds. The number of benzene rings is 2. The van der Waals surface area contributed by atoms with Gasteiger partial charge in [0, 0.05) is 6.54 Å². The molecule has 0 saturated carbocycles. The summed E-state index contributed by atoms with van der Waals surface area (Å²) in [6, 6.07) is 9.65. The third-order valence-electron chi connectivity index (χ3n) is 4.21. The zero-order valence-electron chi connectivity index (χ0n) is 16.7. The van der Waals surface area contributed by atoms with E-state index in [1.165, 1.54) is 31.2 Å². The molecule has 6 nitrogen and oxygen atoms in total. The summed E-state index contributed by atoms with van der Waals surface area (Å²) in [6.45, 7) is 3.49. The van der Waals surface area contributed by atoms with Crippen molar-refractivity contribution in [1.82, 2.24) is 5.32 Å².